The molecule has 1 aliphatic heterocycles. The SMILES string of the molecule is C=CC(=O)N[C@H]1CCC[C@H]1NC(=O)c1sc2nccc3c2c1NC(=O)N3c1ccc(Oc2cccc(C)n2)cn1. The number of urea groups is 1. The largest absolute Gasteiger partial charge is 0.437 e. The summed E-state index contributed by atoms with van der Waals surface area (Å²) in [6.07, 6.45) is 6.73. The van der Waals surface area contributed by atoms with Gasteiger partial charge in [-0.25, -0.2) is 24.6 Å². The van der Waals surface area contributed by atoms with Crippen molar-refractivity contribution in [1.82, 2.24) is 25.6 Å². The monoisotopic (exact) mass is 555 g/mol. The minimum absolute atomic E-state index is 0.182. The zero-order valence-corrected chi connectivity index (χ0v) is 22.3. The topological polar surface area (TPSA) is 138 Å². The number of nitrogens with zero attached hydrogens (tertiary/aromatic N) is 4. The molecule has 3 N–H and O–H groups in total. The van der Waals surface area contributed by atoms with Crippen molar-refractivity contribution in [3.8, 4) is 11.6 Å². The minimum atomic E-state index is -0.453. The number of nitrogens with one attached hydrogen (secondary N) is 3. The van der Waals surface area contributed by atoms with Gasteiger partial charge in [0.2, 0.25) is 11.8 Å². The molecule has 0 spiro atoms. The van der Waals surface area contributed by atoms with Crippen molar-refractivity contribution in [3.05, 3.63) is 72.0 Å². The average molecular weight is 556 g/mol. The highest BCUT2D eigenvalue weighted by atomic mass is 32.1. The number of pyridine rings is 3. The highest BCUT2D eigenvalue weighted by Gasteiger charge is 2.35. The summed E-state index contributed by atoms with van der Waals surface area (Å²) in [5.74, 6) is 0.700. The Morgan fingerprint density at radius 3 is 2.73 bits per heavy atom. The van der Waals surface area contributed by atoms with Gasteiger partial charge in [-0.05, 0) is 56.5 Å². The molecule has 0 bridgehead atoms. The van der Waals surface area contributed by atoms with E-state index in [9.17, 15) is 14.4 Å². The lowest BCUT2D eigenvalue weighted by molar-refractivity contribution is -0.117. The molecule has 4 aromatic heterocycles. The Bertz CT molecular complexity index is 1650. The van der Waals surface area contributed by atoms with Gasteiger partial charge in [0.05, 0.1) is 23.0 Å². The molecule has 1 saturated carbocycles. The smallest absolute Gasteiger partial charge is 0.332 e. The predicted octanol–water partition coefficient (Wildman–Crippen LogP) is 4.82. The first-order valence-corrected chi connectivity index (χ1v) is 13.6. The van der Waals surface area contributed by atoms with Crippen LogP contribution in [0, 0.1) is 6.92 Å². The van der Waals surface area contributed by atoms with E-state index in [4.69, 9.17) is 4.74 Å². The molecule has 2 aliphatic rings. The Kier molecular flexibility index (Phi) is 6.60. The highest BCUT2D eigenvalue weighted by molar-refractivity contribution is 7.21. The molecule has 5 heterocycles. The van der Waals surface area contributed by atoms with Crippen LogP contribution in [0.1, 0.15) is 34.6 Å². The number of amides is 4. The third-order valence-corrected chi connectivity index (χ3v) is 7.93. The predicted molar refractivity (Wildman–Crippen MR) is 151 cm³/mol. The van der Waals surface area contributed by atoms with Crippen LogP contribution in [0.25, 0.3) is 10.2 Å². The highest BCUT2D eigenvalue weighted by Crippen LogP contribution is 2.45. The molecule has 4 amide bonds. The van der Waals surface area contributed by atoms with Gasteiger partial charge in [-0.1, -0.05) is 12.6 Å². The Labute approximate surface area is 233 Å². The van der Waals surface area contributed by atoms with Gasteiger partial charge in [0.25, 0.3) is 5.91 Å². The van der Waals surface area contributed by atoms with E-state index in [0.717, 1.165) is 25.0 Å². The van der Waals surface area contributed by atoms with Crippen LogP contribution in [-0.2, 0) is 4.79 Å². The fourth-order valence-electron chi connectivity index (χ4n) is 5.01. The molecule has 2 atom stereocenters. The number of thiophene rings is 1. The second kappa shape index (κ2) is 10.4. The van der Waals surface area contributed by atoms with Crippen molar-refractivity contribution in [3.63, 3.8) is 0 Å². The molecule has 12 heteroatoms. The maximum atomic E-state index is 13.4. The van der Waals surface area contributed by atoms with Crippen LogP contribution in [0.15, 0.2) is 61.4 Å². The maximum absolute atomic E-state index is 13.4. The number of rotatable bonds is 7. The minimum Gasteiger partial charge on any atom is -0.437 e. The van der Waals surface area contributed by atoms with Crippen molar-refractivity contribution >= 4 is 56.6 Å². The zero-order valence-electron chi connectivity index (χ0n) is 21.5. The lowest BCUT2D eigenvalue weighted by Crippen LogP contribution is -2.48. The summed E-state index contributed by atoms with van der Waals surface area (Å²) in [6, 6.07) is 9.74. The summed E-state index contributed by atoms with van der Waals surface area (Å²) in [4.78, 5) is 54.2. The molecule has 1 aliphatic carbocycles. The van der Waals surface area contributed by atoms with Crippen LogP contribution in [0.2, 0.25) is 0 Å². The first-order valence-electron chi connectivity index (χ1n) is 12.8. The van der Waals surface area contributed by atoms with Crippen molar-refractivity contribution < 1.29 is 19.1 Å². The lowest BCUT2D eigenvalue weighted by Gasteiger charge is -2.27. The normalized spacial score (nSPS) is 17.8. The number of anilines is 3. The molecule has 6 rings (SSSR count). The average Bonchev–Trinajstić information content (AvgIpc) is 3.54. The van der Waals surface area contributed by atoms with Crippen molar-refractivity contribution in [2.75, 3.05) is 10.2 Å². The van der Waals surface area contributed by atoms with Gasteiger partial charge < -0.3 is 20.7 Å². The lowest BCUT2D eigenvalue weighted by atomic mass is 10.1. The van der Waals surface area contributed by atoms with E-state index in [1.54, 1.807) is 30.5 Å². The molecule has 1 fully saturated rings. The van der Waals surface area contributed by atoms with Crippen molar-refractivity contribution in [1.29, 1.82) is 0 Å². The summed E-state index contributed by atoms with van der Waals surface area (Å²) in [6.45, 7) is 5.37. The fourth-order valence-corrected chi connectivity index (χ4v) is 6.04. The van der Waals surface area contributed by atoms with E-state index in [-0.39, 0.29) is 23.9 Å². The van der Waals surface area contributed by atoms with Crippen LogP contribution in [-0.4, -0.2) is 44.9 Å². The summed E-state index contributed by atoms with van der Waals surface area (Å²) in [5, 5.41) is 9.46. The Hall–Kier alpha value is -4.84. The van der Waals surface area contributed by atoms with Gasteiger partial charge in [0, 0.05) is 30.0 Å². The number of aromatic nitrogens is 3. The summed E-state index contributed by atoms with van der Waals surface area (Å²) < 4.78 is 5.79. The van der Waals surface area contributed by atoms with E-state index in [0.29, 0.717) is 43.9 Å². The van der Waals surface area contributed by atoms with Crippen molar-refractivity contribution in [2.24, 2.45) is 0 Å². The number of ether oxygens (including phenoxy) is 1. The number of aryl methyl sites for hydroxylation is 1. The fraction of sp³-hybridized carbons (Fsp3) is 0.214. The van der Waals surface area contributed by atoms with Crippen LogP contribution in [0.3, 0.4) is 0 Å². The second-order valence-electron chi connectivity index (χ2n) is 9.48. The van der Waals surface area contributed by atoms with E-state index < -0.39 is 6.03 Å². The van der Waals surface area contributed by atoms with Gasteiger partial charge in [0.1, 0.15) is 21.3 Å². The standard InChI is InChI=1S/C28H25N7O4S/c1-3-21(36)32-17-7-5-8-18(17)33-26(37)25-24-23-19(12-13-29-27(23)40-25)35(28(38)34-24)20-11-10-16(14-30-20)39-22-9-4-6-15(2)31-22/h3-4,6,9-14,17-18H,1,5,7-8H2,2H3,(H,32,36)(H,33,37)(H,34,38)/t17-,18+/m0/s1. The first kappa shape index (κ1) is 25.4. The van der Waals surface area contributed by atoms with Crippen LogP contribution >= 0.6 is 11.3 Å². The first-order chi connectivity index (χ1) is 19.4. The quantitative estimate of drug-likeness (QED) is 0.278. The third-order valence-electron chi connectivity index (χ3n) is 6.83. The maximum Gasteiger partial charge on any atom is 0.332 e. The number of carbonyl (C=O) groups is 3. The number of carbonyl (C=O) groups excluding carboxylic acids is 3. The van der Waals surface area contributed by atoms with E-state index in [1.807, 2.05) is 19.1 Å². The van der Waals surface area contributed by atoms with E-state index >= 15 is 0 Å². The van der Waals surface area contributed by atoms with E-state index in [2.05, 4.69) is 37.5 Å². The molecule has 11 nitrogen and oxygen atoms in total. The van der Waals surface area contributed by atoms with Gasteiger partial charge in [-0.2, -0.15) is 0 Å². The molecule has 40 heavy (non-hydrogen) atoms. The van der Waals surface area contributed by atoms with Crippen LogP contribution < -0.4 is 25.6 Å². The number of hydrogen-bond donors (Lipinski definition) is 3. The molecule has 0 unspecified atom stereocenters. The molecule has 0 aromatic carbocycles. The van der Waals surface area contributed by atoms with Crippen LogP contribution in [0.5, 0.6) is 11.6 Å². The summed E-state index contributed by atoms with van der Waals surface area (Å²) >= 11 is 1.20. The Morgan fingerprint density at radius 1 is 1.15 bits per heavy atom. The molecule has 0 radical (unpaired) electrons. The summed E-state index contributed by atoms with van der Waals surface area (Å²) in [7, 11) is 0. The van der Waals surface area contributed by atoms with Crippen molar-refractivity contribution in [2.45, 2.75) is 38.3 Å². The van der Waals surface area contributed by atoms with Gasteiger partial charge >= 0.3 is 6.03 Å². The van der Waals surface area contributed by atoms with Gasteiger partial charge in [0.15, 0.2) is 0 Å². The molecule has 0 saturated heterocycles. The third kappa shape index (κ3) is 4.73. The Balaban J connectivity index is 1.27. The van der Waals surface area contributed by atoms with E-state index in [1.165, 1.54) is 28.5 Å². The van der Waals surface area contributed by atoms with Gasteiger partial charge in [-0.15, -0.1) is 11.3 Å². The molecular formula is C28H25N7O4S. The Morgan fingerprint density at radius 2 is 1.98 bits per heavy atom. The summed E-state index contributed by atoms with van der Waals surface area (Å²) in [5.41, 5.74) is 1.81. The van der Waals surface area contributed by atoms with Gasteiger partial charge in [-0.3, -0.25) is 9.59 Å². The van der Waals surface area contributed by atoms with Crippen LogP contribution in [0.4, 0.5) is 22.0 Å². The molecular weight excluding hydrogens is 530 g/mol. The zero-order chi connectivity index (χ0) is 27.8. The molecule has 4 aromatic rings. The molecule has 202 valence electrons. The second-order valence-corrected chi connectivity index (χ2v) is 10.5. The number of hydrogen-bond acceptors (Lipinski definition) is 8.